The predicted molar refractivity (Wildman–Crippen MR) is 138 cm³/mol. The molecule has 0 atom stereocenters. The van der Waals surface area contributed by atoms with Crippen molar-refractivity contribution < 1.29 is 4.79 Å². The smallest absolute Gasteiger partial charge is 0.292 e. The van der Waals surface area contributed by atoms with Gasteiger partial charge in [0.2, 0.25) is 5.82 Å². The van der Waals surface area contributed by atoms with Crippen LogP contribution in [0.3, 0.4) is 0 Å². The summed E-state index contributed by atoms with van der Waals surface area (Å²) < 4.78 is 2.86. The minimum Gasteiger partial charge on any atom is -0.292 e. The van der Waals surface area contributed by atoms with Crippen LogP contribution in [0.4, 0.5) is 0 Å². The molecule has 5 aromatic rings. The first-order valence-electron chi connectivity index (χ1n) is 11.6. The molecule has 0 saturated carbocycles. The minimum atomic E-state index is -0.352. The Bertz CT molecular complexity index is 1550. The van der Waals surface area contributed by atoms with E-state index in [1.807, 2.05) is 54.6 Å². The van der Waals surface area contributed by atoms with E-state index in [0.29, 0.717) is 30.8 Å². The first kappa shape index (κ1) is 22.9. The molecular formula is C28H24N6O2. The van der Waals surface area contributed by atoms with Crippen LogP contribution in [-0.4, -0.2) is 35.7 Å². The van der Waals surface area contributed by atoms with E-state index in [0.717, 1.165) is 27.9 Å². The van der Waals surface area contributed by atoms with E-state index in [4.69, 9.17) is 0 Å². The van der Waals surface area contributed by atoms with Gasteiger partial charge in [-0.2, -0.15) is 5.21 Å². The van der Waals surface area contributed by atoms with Gasteiger partial charge in [-0.25, -0.2) is 9.36 Å². The van der Waals surface area contributed by atoms with Crippen LogP contribution in [0.1, 0.15) is 28.0 Å². The number of nitrogens with one attached hydrogen (secondary N) is 1. The number of H-pyrrole nitrogens is 1. The van der Waals surface area contributed by atoms with E-state index in [1.165, 1.54) is 4.57 Å². The van der Waals surface area contributed by atoms with E-state index in [-0.39, 0.29) is 11.6 Å². The van der Waals surface area contributed by atoms with Crippen molar-refractivity contribution in [2.45, 2.75) is 19.4 Å². The number of carbonyl (C=O) groups excluding carboxylic acids is 1. The van der Waals surface area contributed by atoms with Crippen molar-refractivity contribution in [2.24, 2.45) is 0 Å². The van der Waals surface area contributed by atoms with Crippen LogP contribution >= 0.6 is 0 Å². The zero-order valence-electron chi connectivity index (χ0n) is 19.5. The highest BCUT2D eigenvalue weighted by molar-refractivity contribution is 5.95. The van der Waals surface area contributed by atoms with Crippen molar-refractivity contribution in [2.75, 3.05) is 0 Å². The number of carbonyl (C=O) groups is 1. The van der Waals surface area contributed by atoms with Gasteiger partial charge in [-0.3, -0.25) is 9.36 Å². The quantitative estimate of drug-likeness (QED) is 0.336. The van der Waals surface area contributed by atoms with Gasteiger partial charge in [0.25, 0.3) is 5.91 Å². The van der Waals surface area contributed by atoms with Crippen molar-refractivity contribution in [3.05, 3.63) is 125 Å². The van der Waals surface area contributed by atoms with Crippen molar-refractivity contribution in [1.29, 1.82) is 0 Å². The van der Waals surface area contributed by atoms with Gasteiger partial charge in [-0.15, -0.1) is 16.8 Å². The predicted octanol–water partition coefficient (Wildman–Crippen LogP) is 4.35. The zero-order chi connectivity index (χ0) is 24.9. The largest absolute Gasteiger partial charge is 0.335 e. The molecule has 0 aliphatic rings. The zero-order valence-corrected chi connectivity index (χ0v) is 19.5. The Hall–Kier alpha value is -4.85. The fourth-order valence-electron chi connectivity index (χ4n) is 4.19. The van der Waals surface area contributed by atoms with Crippen molar-refractivity contribution in [3.8, 4) is 22.5 Å². The van der Waals surface area contributed by atoms with E-state index < -0.39 is 0 Å². The summed E-state index contributed by atoms with van der Waals surface area (Å²) in [6, 6.07) is 24.7. The third kappa shape index (κ3) is 4.56. The monoisotopic (exact) mass is 476 g/mol. The summed E-state index contributed by atoms with van der Waals surface area (Å²) in [4.78, 5) is 26.3. The van der Waals surface area contributed by atoms with Gasteiger partial charge in [0.05, 0.1) is 6.54 Å². The average Bonchev–Trinajstić information content (AvgIpc) is 3.57. The van der Waals surface area contributed by atoms with E-state index in [2.05, 4.69) is 27.2 Å². The number of nitrogens with zero attached hydrogens (tertiary/aromatic N) is 5. The Labute approximate surface area is 207 Å². The molecule has 36 heavy (non-hydrogen) atoms. The van der Waals surface area contributed by atoms with Crippen molar-refractivity contribution in [3.63, 3.8) is 0 Å². The Morgan fingerprint density at radius 2 is 1.67 bits per heavy atom. The number of hydrogen-bond donors (Lipinski definition) is 1. The Morgan fingerprint density at radius 3 is 2.36 bits per heavy atom. The molecule has 0 spiro atoms. The Morgan fingerprint density at radius 1 is 0.944 bits per heavy atom. The van der Waals surface area contributed by atoms with Crippen LogP contribution in [0.25, 0.3) is 22.5 Å². The normalized spacial score (nSPS) is 10.9. The van der Waals surface area contributed by atoms with Crippen LogP contribution < -0.4 is 5.69 Å². The summed E-state index contributed by atoms with van der Waals surface area (Å²) in [5.41, 5.74) is 4.70. The molecule has 8 nitrogen and oxygen atoms in total. The third-order valence-corrected chi connectivity index (χ3v) is 6.02. The number of benzene rings is 3. The summed E-state index contributed by atoms with van der Waals surface area (Å²) in [5.74, 6) is 0.185. The van der Waals surface area contributed by atoms with Gasteiger partial charge in [-0.05, 0) is 46.9 Å². The maximum Gasteiger partial charge on any atom is 0.335 e. The summed E-state index contributed by atoms with van der Waals surface area (Å²) in [6.45, 7) is 4.14. The molecule has 0 fully saturated rings. The van der Waals surface area contributed by atoms with Crippen molar-refractivity contribution in [1.82, 2.24) is 29.8 Å². The maximum atomic E-state index is 13.3. The average molecular weight is 477 g/mol. The number of hydrogen-bond acceptors (Lipinski definition) is 5. The van der Waals surface area contributed by atoms with Crippen LogP contribution in [0, 0.1) is 0 Å². The molecule has 0 radical (unpaired) electrons. The Kier molecular flexibility index (Phi) is 6.48. The topological polar surface area (TPSA) is 98.5 Å². The molecule has 0 unspecified atom stereocenters. The van der Waals surface area contributed by atoms with Gasteiger partial charge in [-0.1, -0.05) is 72.8 Å². The fraction of sp³-hybridized carbons (Fsp3) is 0.107. The number of aromatic nitrogens is 6. The number of tetrazole rings is 1. The number of rotatable bonds is 8. The summed E-state index contributed by atoms with van der Waals surface area (Å²) in [6.07, 6.45) is 4.77. The van der Waals surface area contributed by atoms with E-state index >= 15 is 0 Å². The van der Waals surface area contributed by atoms with Crippen LogP contribution in [-0.2, 0) is 13.0 Å². The highest BCUT2D eigenvalue weighted by Crippen LogP contribution is 2.29. The lowest BCUT2D eigenvalue weighted by Gasteiger charge is -2.10. The molecule has 178 valence electrons. The second-order valence-electron chi connectivity index (χ2n) is 8.34. The first-order valence-corrected chi connectivity index (χ1v) is 11.6. The minimum absolute atomic E-state index is 0.340. The maximum absolute atomic E-state index is 13.3. The number of allylic oxidation sites excluding steroid dienone is 1. The molecule has 0 saturated heterocycles. The number of aromatic amines is 1. The fourth-order valence-corrected chi connectivity index (χ4v) is 4.19. The molecule has 2 aromatic heterocycles. The summed E-state index contributed by atoms with van der Waals surface area (Å²) in [7, 11) is 0. The summed E-state index contributed by atoms with van der Waals surface area (Å²) in [5, 5.41) is 14.4. The van der Waals surface area contributed by atoms with Crippen LogP contribution in [0.5, 0.6) is 0 Å². The van der Waals surface area contributed by atoms with E-state index in [1.54, 1.807) is 41.1 Å². The standard InChI is InChI=1S/C28H24N6O2/c1-2-3-11-23-19-34(27(35)22-9-5-4-6-10-22)28(36)33(23)18-20-14-16-21(17-15-20)24-12-7-8-13-25(24)26-29-31-32-30-26/h2,4-10,12-17,19H,1,3,11,18H2,(H,29,30,31,32). The highest BCUT2D eigenvalue weighted by atomic mass is 16.2. The van der Waals surface area contributed by atoms with Gasteiger partial charge >= 0.3 is 5.69 Å². The lowest BCUT2D eigenvalue weighted by molar-refractivity contribution is 0.0955. The highest BCUT2D eigenvalue weighted by Gasteiger charge is 2.18. The molecule has 0 aliphatic heterocycles. The number of imidazole rings is 1. The third-order valence-electron chi connectivity index (χ3n) is 6.02. The van der Waals surface area contributed by atoms with Gasteiger partial charge in [0, 0.05) is 23.0 Å². The van der Waals surface area contributed by atoms with Gasteiger partial charge in [0.1, 0.15) is 0 Å². The molecular weight excluding hydrogens is 452 g/mol. The van der Waals surface area contributed by atoms with Gasteiger partial charge in [0.15, 0.2) is 0 Å². The van der Waals surface area contributed by atoms with Crippen molar-refractivity contribution >= 4 is 5.91 Å². The SMILES string of the molecule is C=CCCc1cn(C(=O)c2ccccc2)c(=O)n1Cc1ccc(-c2ccccc2-c2nn[nH]n2)cc1. The second kappa shape index (κ2) is 10.2. The number of aryl methyl sites for hydroxylation is 1. The molecule has 1 N–H and O–H groups in total. The lowest BCUT2D eigenvalue weighted by atomic mass is 9.98. The van der Waals surface area contributed by atoms with Gasteiger partial charge < -0.3 is 0 Å². The molecule has 3 aromatic carbocycles. The molecule has 5 rings (SSSR count). The lowest BCUT2D eigenvalue weighted by Crippen LogP contribution is -2.30. The molecule has 0 aliphatic carbocycles. The molecule has 8 heteroatoms. The molecule has 2 heterocycles. The second-order valence-corrected chi connectivity index (χ2v) is 8.34. The molecule has 0 amide bonds. The first-order chi connectivity index (χ1) is 17.7. The summed E-state index contributed by atoms with van der Waals surface area (Å²) >= 11 is 0. The van der Waals surface area contributed by atoms with E-state index in [9.17, 15) is 9.59 Å². The van der Waals surface area contributed by atoms with Crippen LogP contribution in [0.15, 0.2) is 103 Å². The van der Waals surface area contributed by atoms with Crippen LogP contribution in [0.2, 0.25) is 0 Å². The molecule has 0 bridgehead atoms. The Balaban J connectivity index is 1.46.